The van der Waals surface area contributed by atoms with Gasteiger partial charge in [0.15, 0.2) is 6.61 Å². The van der Waals surface area contributed by atoms with Crippen molar-refractivity contribution in [2.24, 2.45) is 0 Å². The average Bonchev–Trinajstić information content (AvgIpc) is 3.44. The molecule has 4 rings (SSSR count). The van der Waals surface area contributed by atoms with Crippen LogP contribution < -0.4 is 4.74 Å². The van der Waals surface area contributed by atoms with Crippen LogP contribution in [0.25, 0.3) is 10.7 Å². The van der Waals surface area contributed by atoms with Gasteiger partial charge in [0, 0.05) is 32.4 Å². The van der Waals surface area contributed by atoms with E-state index in [9.17, 15) is 18.0 Å². The van der Waals surface area contributed by atoms with Crippen LogP contribution in [0.4, 0.5) is 13.2 Å². The van der Waals surface area contributed by atoms with Crippen LogP contribution in [0.3, 0.4) is 0 Å². The van der Waals surface area contributed by atoms with E-state index < -0.39 is 12.8 Å². The standard InChI is InChI=1S/C19H17ClF3N5O3S/c20-13-8-12(9-24-17(13)30-11-19(21,22)23)18(29)28-5-3-27(4-6-28)10-15-25-16(26-31-15)14-2-1-7-32-14/h1-2,7-9H,3-6,10-11H2. The quantitative estimate of drug-likeness (QED) is 0.523. The van der Waals surface area contributed by atoms with E-state index in [1.54, 1.807) is 4.90 Å². The fourth-order valence-corrected chi connectivity index (χ4v) is 3.98. The predicted molar refractivity (Wildman–Crippen MR) is 110 cm³/mol. The molecular formula is C19H17ClF3N5O3S. The number of alkyl halides is 3. The minimum Gasteiger partial charge on any atom is -0.467 e. The van der Waals surface area contributed by atoms with Gasteiger partial charge in [-0.15, -0.1) is 11.3 Å². The number of aromatic nitrogens is 3. The first-order valence-electron chi connectivity index (χ1n) is 9.52. The predicted octanol–water partition coefficient (Wildman–Crippen LogP) is 3.75. The first kappa shape index (κ1) is 22.5. The number of nitrogens with zero attached hydrogens (tertiary/aromatic N) is 5. The number of hydrogen-bond acceptors (Lipinski definition) is 8. The molecule has 0 bridgehead atoms. The number of thiophene rings is 1. The van der Waals surface area contributed by atoms with Gasteiger partial charge in [-0.05, 0) is 17.5 Å². The molecule has 1 amide bonds. The van der Waals surface area contributed by atoms with Gasteiger partial charge >= 0.3 is 6.18 Å². The summed E-state index contributed by atoms with van der Waals surface area (Å²) in [6, 6.07) is 5.09. The Kier molecular flexibility index (Phi) is 6.63. The third-order valence-electron chi connectivity index (χ3n) is 4.65. The lowest BCUT2D eigenvalue weighted by Gasteiger charge is -2.34. The van der Waals surface area contributed by atoms with E-state index in [-0.39, 0.29) is 22.4 Å². The van der Waals surface area contributed by atoms with Crippen molar-refractivity contribution in [1.82, 2.24) is 24.9 Å². The summed E-state index contributed by atoms with van der Waals surface area (Å²) in [4.78, 5) is 25.5. The average molecular weight is 488 g/mol. The van der Waals surface area contributed by atoms with Crippen molar-refractivity contribution >= 4 is 28.8 Å². The molecule has 170 valence electrons. The Hall–Kier alpha value is -2.70. The first-order valence-corrected chi connectivity index (χ1v) is 10.8. The third kappa shape index (κ3) is 5.56. The summed E-state index contributed by atoms with van der Waals surface area (Å²) in [5.74, 6) is 0.375. The van der Waals surface area contributed by atoms with Gasteiger partial charge in [-0.3, -0.25) is 9.69 Å². The summed E-state index contributed by atoms with van der Waals surface area (Å²) in [6.07, 6.45) is -3.34. The van der Waals surface area contributed by atoms with Gasteiger partial charge in [0.05, 0.1) is 17.0 Å². The Morgan fingerprint density at radius 1 is 1.28 bits per heavy atom. The topological polar surface area (TPSA) is 84.6 Å². The molecule has 1 aliphatic rings. The number of amides is 1. The molecule has 3 aromatic heterocycles. The van der Waals surface area contributed by atoms with E-state index in [2.05, 4.69) is 24.8 Å². The molecule has 1 saturated heterocycles. The number of halogens is 4. The summed E-state index contributed by atoms with van der Waals surface area (Å²) >= 11 is 7.46. The van der Waals surface area contributed by atoms with E-state index >= 15 is 0 Å². The van der Waals surface area contributed by atoms with Gasteiger partial charge in [-0.1, -0.05) is 22.8 Å². The van der Waals surface area contributed by atoms with Crippen molar-refractivity contribution in [3.63, 3.8) is 0 Å². The Bertz CT molecular complexity index is 1070. The molecular weight excluding hydrogens is 471 g/mol. The van der Waals surface area contributed by atoms with Gasteiger partial charge in [-0.2, -0.15) is 18.2 Å². The van der Waals surface area contributed by atoms with Crippen molar-refractivity contribution in [2.45, 2.75) is 12.7 Å². The van der Waals surface area contributed by atoms with Crippen LogP contribution in [-0.4, -0.2) is 69.8 Å². The van der Waals surface area contributed by atoms with Crippen LogP contribution in [0.1, 0.15) is 16.2 Å². The Labute approximate surface area is 189 Å². The minimum absolute atomic E-state index is 0.156. The molecule has 0 atom stereocenters. The van der Waals surface area contributed by atoms with Gasteiger partial charge in [0.1, 0.15) is 5.02 Å². The number of pyridine rings is 1. The molecule has 0 aliphatic carbocycles. The largest absolute Gasteiger partial charge is 0.467 e. The summed E-state index contributed by atoms with van der Waals surface area (Å²) in [6.45, 7) is 1.05. The molecule has 13 heteroatoms. The normalized spacial score (nSPS) is 15.2. The molecule has 0 aromatic carbocycles. The van der Waals surface area contributed by atoms with Crippen LogP contribution in [0.15, 0.2) is 34.3 Å². The molecule has 4 heterocycles. The molecule has 0 unspecified atom stereocenters. The maximum absolute atomic E-state index is 12.7. The van der Waals surface area contributed by atoms with E-state index in [1.807, 2.05) is 17.5 Å². The summed E-state index contributed by atoms with van der Waals surface area (Å²) in [5.41, 5.74) is 0.181. The fourth-order valence-electron chi connectivity index (χ4n) is 3.11. The lowest BCUT2D eigenvalue weighted by atomic mass is 10.2. The number of rotatable bonds is 6. The smallest absolute Gasteiger partial charge is 0.422 e. The van der Waals surface area contributed by atoms with Crippen LogP contribution in [0.2, 0.25) is 5.02 Å². The van der Waals surface area contributed by atoms with E-state index in [0.717, 1.165) is 11.1 Å². The number of hydrogen-bond donors (Lipinski definition) is 0. The molecule has 0 saturated carbocycles. The highest BCUT2D eigenvalue weighted by atomic mass is 35.5. The molecule has 0 radical (unpaired) electrons. The van der Waals surface area contributed by atoms with Crippen molar-refractivity contribution in [2.75, 3.05) is 32.8 Å². The Morgan fingerprint density at radius 3 is 2.72 bits per heavy atom. The van der Waals surface area contributed by atoms with Gasteiger partial charge in [-0.25, -0.2) is 4.98 Å². The van der Waals surface area contributed by atoms with Gasteiger partial charge < -0.3 is 14.2 Å². The highest BCUT2D eigenvalue weighted by Gasteiger charge is 2.29. The van der Waals surface area contributed by atoms with Crippen molar-refractivity contribution < 1.29 is 27.2 Å². The van der Waals surface area contributed by atoms with E-state index in [0.29, 0.717) is 44.4 Å². The monoisotopic (exact) mass is 487 g/mol. The van der Waals surface area contributed by atoms with Gasteiger partial charge in [0.25, 0.3) is 5.91 Å². The molecule has 3 aromatic rings. The Morgan fingerprint density at radius 2 is 2.06 bits per heavy atom. The second kappa shape index (κ2) is 9.43. The highest BCUT2D eigenvalue weighted by molar-refractivity contribution is 7.13. The summed E-state index contributed by atoms with van der Waals surface area (Å²) < 4.78 is 46.7. The number of ether oxygens (including phenoxy) is 1. The molecule has 8 nitrogen and oxygen atoms in total. The maximum Gasteiger partial charge on any atom is 0.422 e. The molecule has 1 aliphatic heterocycles. The lowest BCUT2D eigenvalue weighted by molar-refractivity contribution is -0.154. The van der Waals surface area contributed by atoms with Crippen molar-refractivity contribution in [3.8, 4) is 16.6 Å². The lowest BCUT2D eigenvalue weighted by Crippen LogP contribution is -2.48. The second-order valence-electron chi connectivity index (χ2n) is 6.97. The Balaban J connectivity index is 1.30. The SMILES string of the molecule is O=C(c1cnc(OCC(F)(F)F)c(Cl)c1)N1CCN(Cc2nc(-c3cccs3)no2)CC1. The summed E-state index contributed by atoms with van der Waals surface area (Å²) in [7, 11) is 0. The number of piperazine rings is 1. The zero-order valence-corrected chi connectivity index (χ0v) is 18.1. The molecule has 32 heavy (non-hydrogen) atoms. The van der Waals surface area contributed by atoms with Crippen LogP contribution >= 0.6 is 22.9 Å². The first-order chi connectivity index (χ1) is 15.3. The van der Waals surface area contributed by atoms with E-state index in [4.69, 9.17) is 16.1 Å². The van der Waals surface area contributed by atoms with Crippen LogP contribution in [0.5, 0.6) is 5.88 Å². The maximum atomic E-state index is 12.7. The van der Waals surface area contributed by atoms with Crippen LogP contribution in [-0.2, 0) is 6.54 Å². The molecule has 1 fully saturated rings. The van der Waals surface area contributed by atoms with Gasteiger partial charge in [0.2, 0.25) is 17.6 Å². The third-order valence-corrected chi connectivity index (χ3v) is 5.79. The van der Waals surface area contributed by atoms with E-state index in [1.165, 1.54) is 17.4 Å². The number of carbonyl (C=O) groups is 1. The van der Waals surface area contributed by atoms with Crippen LogP contribution in [0, 0.1) is 0 Å². The molecule has 0 N–H and O–H groups in total. The molecule has 0 spiro atoms. The second-order valence-corrected chi connectivity index (χ2v) is 8.33. The fraction of sp³-hybridized carbons (Fsp3) is 0.368. The zero-order chi connectivity index (χ0) is 22.7. The zero-order valence-electron chi connectivity index (χ0n) is 16.5. The van der Waals surface area contributed by atoms with Crippen molar-refractivity contribution in [3.05, 3.63) is 46.3 Å². The summed E-state index contributed by atoms with van der Waals surface area (Å²) in [5, 5.41) is 5.77. The highest BCUT2D eigenvalue weighted by Crippen LogP contribution is 2.26. The number of carbonyl (C=O) groups excluding carboxylic acids is 1. The van der Waals surface area contributed by atoms with Crippen molar-refractivity contribution in [1.29, 1.82) is 0 Å². The minimum atomic E-state index is -4.51.